The number of nitro groups is 1. The van der Waals surface area contributed by atoms with Gasteiger partial charge in [-0.3, -0.25) is 10.1 Å². The molecule has 0 radical (unpaired) electrons. The molecule has 0 atom stereocenters. The molecule has 0 aliphatic heterocycles. The molecule has 1 aromatic heterocycles. The summed E-state index contributed by atoms with van der Waals surface area (Å²) < 4.78 is 37.3. The minimum absolute atomic E-state index is 0.0699. The van der Waals surface area contributed by atoms with Crippen molar-refractivity contribution in [2.45, 2.75) is 25.7 Å². The third kappa shape index (κ3) is 4.69. The molecule has 162 valence electrons. The van der Waals surface area contributed by atoms with Crippen molar-refractivity contribution in [1.29, 1.82) is 0 Å². The summed E-state index contributed by atoms with van der Waals surface area (Å²) in [5, 5.41) is 23.2. The molecule has 0 unspecified atom stereocenters. The van der Waals surface area contributed by atoms with Gasteiger partial charge in [-0.1, -0.05) is 6.07 Å². The maximum Gasteiger partial charge on any atom is 0.339 e. The zero-order valence-electron chi connectivity index (χ0n) is 17.1. The first kappa shape index (κ1) is 21.9. The van der Waals surface area contributed by atoms with Crippen LogP contribution in [0.5, 0.6) is 11.5 Å². The monoisotopic (exact) mass is 445 g/mol. The summed E-state index contributed by atoms with van der Waals surface area (Å²) in [5.74, 6) is 1.30. The number of hydrogen-bond donors (Lipinski definition) is 0. The molecule has 12 heteroatoms. The van der Waals surface area contributed by atoms with E-state index in [9.17, 15) is 18.5 Å². The predicted octanol–water partition coefficient (Wildman–Crippen LogP) is 2.77. The molecule has 0 saturated carbocycles. The molecule has 0 bridgehead atoms. The van der Waals surface area contributed by atoms with Gasteiger partial charge in [0, 0.05) is 11.6 Å². The summed E-state index contributed by atoms with van der Waals surface area (Å²) in [6, 6.07) is 8.09. The summed E-state index contributed by atoms with van der Waals surface area (Å²) in [7, 11) is -2.97. The Morgan fingerprint density at radius 3 is 2.35 bits per heavy atom. The number of rotatable bonds is 7. The summed E-state index contributed by atoms with van der Waals surface area (Å²) in [4.78, 5) is 10.1. The lowest BCUT2D eigenvalue weighted by Gasteiger charge is -2.11. The molecular weight excluding hydrogens is 426 g/mol. The molecule has 0 fully saturated rings. The number of methoxy groups -OCH3 is 1. The largest absolute Gasteiger partial charge is 0.493 e. The summed E-state index contributed by atoms with van der Waals surface area (Å²) in [6.07, 6.45) is 1.54. The number of aryl methyl sites for hydroxylation is 3. The Morgan fingerprint density at radius 2 is 1.74 bits per heavy atom. The van der Waals surface area contributed by atoms with Crippen molar-refractivity contribution >= 4 is 22.0 Å². The van der Waals surface area contributed by atoms with Crippen LogP contribution in [-0.2, 0) is 10.1 Å². The van der Waals surface area contributed by atoms with E-state index >= 15 is 0 Å². The summed E-state index contributed by atoms with van der Waals surface area (Å²) >= 11 is 0. The highest BCUT2D eigenvalue weighted by molar-refractivity contribution is 7.87. The van der Waals surface area contributed by atoms with Crippen molar-refractivity contribution in [3.63, 3.8) is 0 Å². The minimum atomic E-state index is -4.33. The van der Waals surface area contributed by atoms with Gasteiger partial charge in [0.1, 0.15) is 4.90 Å². The number of nitro benzene ring substituents is 1. The number of hydrogen-bond acceptors (Lipinski definition) is 9. The van der Waals surface area contributed by atoms with Crippen molar-refractivity contribution in [2.24, 2.45) is 5.10 Å². The first-order chi connectivity index (χ1) is 14.6. The molecule has 0 aliphatic carbocycles. The Labute approximate surface area is 178 Å². The van der Waals surface area contributed by atoms with E-state index < -0.39 is 15.0 Å². The third-order valence-corrected chi connectivity index (χ3v) is 5.56. The predicted molar refractivity (Wildman–Crippen MR) is 111 cm³/mol. The standard InChI is InChI=1S/C19H19N5O6S/c1-12-5-7-16(10-17(12)24(25)26)31(27,28)30-18-8-6-15(9-19(18)29-4)11-20-23-13(2)21-22-14(23)3/h5-11H,1-4H3. The third-order valence-electron chi connectivity index (χ3n) is 4.33. The molecule has 1 heterocycles. The molecule has 3 rings (SSSR count). The smallest absolute Gasteiger partial charge is 0.339 e. The van der Waals surface area contributed by atoms with Gasteiger partial charge >= 0.3 is 10.1 Å². The highest BCUT2D eigenvalue weighted by Gasteiger charge is 2.23. The van der Waals surface area contributed by atoms with Gasteiger partial charge in [0.2, 0.25) is 0 Å². The number of nitrogens with zero attached hydrogens (tertiary/aromatic N) is 5. The normalized spacial score (nSPS) is 11.6. The lowest BCUT2D eigenvalue weighted by Crippen LogP contribution is -2.11. The second-order valence-corrected chi connectivity index (χ2v) is 8.05. The van der Waals surface area contributed by atoms with E-state index in [0.29, 0.717) is 22.8 Å². The Morgan fingerprint density at radius 1 is 1.06 bits per heavy atom. The van der Waals surface area contributed by atoms with Gasteiger partial charge in [0.15, 0.2) is 23.1 Å². The van der Waals surface area contributed by atoms with Crippen LogP contribution < -0.4 is 8.92 Å². The van der Waals surface area contributed by atoms with Crippen LogP contribution in [0.3, 0.4) is 0 Å². The van der Waals surface area contributed by atoms with E-state index in [4.69, 9.17) is 8.92 Å². The number of benzene rings is 2. The highest BCUT2D eigenvalue weighted by Crippen LogP contribution is 2.31. The minimum Gasteiger partial charge on any atom is -0.493 e. The SMILES string of the molecule is COc1cc(C=Nn2c(C)nnc2C)ccc1OS(=O)(=O)c1ccc(C)c([N+](=O)[O-])c1. The summed E-state index contributed by atoms with van der Waals surface area (Å²) in [6.45, 7) is 5.03. The Hall–Kier alpha value is -3.80. The molecular formula is C19H19N5O6S. The first-order valence-electron chi connectivity index (χ1n) is 8.93. The topological polar surface area (TPSA) is 139 Å². The lowest BCUT2D eigenvalue weighted by molar-refractivity contribution is -0.385. The van der Waals surface area contributed by atoms with Crippen LogP contribution in [0, 0.1) is 30.9 Å². The first-order valence-corrected chi connectivity index (χ1v) is 10.3. The lowest BCUT2D eigenvalue weighted by atomic mass is 10.2. The molecule has 11 nitrogen and oxygen atoms in total. The van der Waals surface area contributed by atoms with Crippen molar-refractivity contribution < 1.29 is 22.3 Å². The zero-order valence-corrected chi connectivity index (χ0v) is 18.0. The van der Waals surface area contributed by atoms with Gasteiger partial charge in [-0.05, 0) is 50.6 Å². The maximum absolute atomic E-state index is 12.7. The van der Waals surface area contributed by atoms with Crippen molar-refractivity contribution in [3.8, 4) is 11.5 Å². The quantitative estimate of drug-likeness (QED) is 0.234. The van der Waals surface area contributed by atoms with Crippen molar-refractivity contribution in [1.82, 2.24) is 14.9 Å². The van der Waals surface area contributed by atoms with E-state index in [1.165, 1.54) is 38.4 Å². The number of aromatic nitrogens is 3. The molecule has 0 spiro atoms. The van der Waals surface area contributed by atoms with Gasteiger partial charge in [-0.25, -0.2) is 4.68 Å². The molecule has 0 saturated heterocycles. The van der Waals surface area contributed by atoms with Crippen LogP contribution in [0.25, 0.3) is 0 Å². The van der Waals surface area contributed by atoms with Gasteiger partial charge in [-0.2, -0.15) is 13.5 Å². The highest BCUT2D eigenvalue weighted by atomic mass is 32.2. The zero-order chi connectivity index (χ0) is 22.8. The molecule has 31 heavy (non-hydrogen) atoms. The fourth-order valence-corrected chi connectivity index (χ4v) is 3.66. The van der Waals surface area contributed by atoms with E-state index in [1.54, 1.807) is 30.7 Å². The maximum atomic E-state index is 12.7. The molecule has 3 aromatic rings. The molecule has 0 N–H and O–H groups in total. The van der Waals surface area contributed by atoms with E-state index in [-0.39, 0.29) is 22.1 Å². The van der Waals surface area contributed by atoms with Crippen LogP contribution in [0.4, 0.5) is 5.69 Å². The second-order valence-electron chi connectivity index (χ2n) is 6.50. The average molecular weight is 445 g/mol. The fraction of sp³-hybridized carbons (Fsp3) is 0.211. The Bertz CT molecular complexity index is 1260. The van der Waals surface area contributed by atoms with Crippen LogP contribution >= 0.6 is 0 Å². The molecule has 0 aliphatic rings. The molecule has 2 aromatic carbocycles. The Kier molecular flexibility index (Phi) is 6.02. The van der Waals surface area contributed by atoms with E-state index in [1.807, 2.05) is 0 Å². The van der Waals surface area contributed by atoms with Crippen LogP contribution in [0.2, 0.25) is 0 Å². The second kappa shape index (κ2) is 8.52. The van der Waals surface area contributed by atoms with Gasteiger partial charge < -0.3 is 8.92 Å². The molecule has 0 amide bonds. The summed E-state index contributed by atoms with van der Waals surface area (Å²) in [5.41, 5.74) is 0.631. The van der Waals surface area contributed by atoms with E-state index in [2.05, 4.69) is 15.3 Å². The van der Waals surface area contributed by atoms with Gasteiger partial charge in [-0.15, -0.1) is 10.2 Å². The van der Waals surface area contributed by atoms with Crippen LogP contribution in [-0.4, -0.2) is 41.5 Å². The van der Waals surface area contributed by atoms with Crippen LogP contribution in [0.1, 0.15) is 22.8 Å². The van der Waals surface area contributed by atoms with Crippen molar-refractivity contribution in [2.75, 3.05) is 7.11 Å². The van der Waals surface area contributed by atoms with Crippen molar-refractivity contribution in [3.05, 3.63) is 69.3 Å². The van der Waals surface area contributed by atoms with Gasteiger partial charge in [0.25, 0.3) is 5.69 Å². The van der Waals surface area contributed by atoms with Crippen LogP contribution in [0.15, 0.2) is 46.4 Å². The Balaban J connectivity index is 1.90. The van der Waals surface area contributed by atoms with E-state index in [0.717, 1.165) is 6.07 Å². The fourth-order valence-electron chi connectivity index (χ4n) is 2.70. The van der Waals surface area contributed by atoms with Gasteiger partial charge in [0.05, 0.1) is 18.2 Å². The number of ether oxygens (including phenoxy) is 1. The average Bonchev–Trinajstić information content (AvgIpc) is 3.04.